The Hall–Kier alpha value is -0.750. The molecular weight excluding hydrogens is 287 g/mol. The van der Waals surface area contributed by atoms with Crippen molar-refractivity contribution in [3.8, 4) is 0 Å². The lowest BCUT2D eigenvalue weighted by Crippen LogP contribution is -2.15. The lowest BCUT2D eigenvalue weighted by molar-refractivity contribution is 0.101. The zero-order valence-electron chi connectivity index (χ0n) is 7.83. The van der Waals surface area contributed by atoms with Crippen LogP contribution in [0.25, 0.3) is 0 Å². The van der Waals surface area contributed by atoms with Crippen LogP contribution in [0.4, 0.5) is 4.39 Å². The molecule has 82 valence electrons. The fourth-order valence-corrected chi connectivity index (χ4v) is 2.02. The van der Waals surface area contributed by atoms with Crippen LogP contribution >= 0.6 is 15.9 Å². The molecule has 1 aromatic carbocycles. The van der Waals surface area contributed by atoms with Crippen LogP contribution in [0.2, 0.25) is 0 Å². The van der Waals surface area contributed by atoms with Gasteiger partial charge in [0.15, 0.2) is 15.6 Å². The first kappa shape index (κ1) is 12.3. The van der Waals surface area contributed by atoms with Gasteiger partial charge in [0.1, 0.15) is 11.6 Å². The van der Waals surface area contributed by atoms with Gasteiger partial charge < -0.3 is 0 Å². The van der Waals surface area contributed by atoms with Gasteiger partial charge in [0.05, 0.1) is 5.56 Å². The predicted octanol–water partition coefficient (Wildman–Crippen LogP) is 1.82. The van der Waals surface area contributed by atoms with Crippen LogP contribution in [0.15, 0.2) is 22.7 Å². The minimum absolute atomic E-state index is 0.213. The highest BCUT2D eigenvalue weighted by Crippen LogP contribution is 2.16. The third kappa shape index (κ3) is 3.71. The minimum Gasteiger partial charge on any atom is -0.293 e. The molecule has 0 atom stereocenters. The van der Waals surface area contributed by atoms with Gasteiger partial charge >= 0.3 is 0 Å². The first-order valence-corrected chi connectivity index (χ1v) is 6.81. The molecule has 0 spiro atoms. The SMILES string of the molecule is CS(=O)(=O)CC(=O)c1cc(Br)ccc1F. The van der Waals surface area contributed by atoms with Crippen molar-refractivity contribution in [2.45, 2.75) is 0 Å². The largest absolute Gasteiger partial charge is 0.293 e. The van der Waals surface area contributed by atoms with Gasteiger partial charge in [0.2, 0.25) is 0 Å². The fourth-order valence-electron chi connectivity index (χ4n) is 1.03. The molecule has 1 aromatic rings. The molecule has 1 rings (SSSR count). The van der Waals surface area contributed by atoms with Gasteiger partial charge in [-0.3, -0.25) is 4.79 Å². The zero-order valence-corrected chi connectivity index (χ0v) is 10.2. The van der Waals surface area contributed by atoms with E-state index >= 15 is 0 Å². The second kappa shape index (κ2) is 4.40. The average molecular weight is 295 g/mol. The number of benzene rings is 1. The predicted molar refractivity (Wildman–Crippen MR) is 58.1 cm³/mol. The normalized spacial score (nSPS) is 11.4. The number of ketones is 1. The summed E-state index contributed by atoms with van der Waals surface area (Å²) in [7, 11) is -3.43. The van der Waals surface area contributed by atoms with E-state index in [2.05, 4.69) is 15.9 Å². The van der Waals surface area contributed by atoms with Gasteiger partial charge in [-0.2, -0.15) is 0 Å². The van der Waals surface area contributed by atoms with Crippen LogP contribution in [-0.2, 0) is 9.84 Å². The molecule has 0 N–H and O–H groups in total. The number of hydrogen-bond donors (Lipinski definition) is 0. The molecule has 0 amide bonds. The molecule has 3 nitrogen and oxygen atoms in total. The molecule has 0 aromatic heterocycles. The molecule has 0 bridgehead atoms. The van der Waals surface area contributed by atoms with Crippen LogP contribution in [-0.4, -0.2) is 26.2 Å². The van der Waals surface area contributed by atoms with Crippen molar-refractivity contribution in [1.29, 1.82) is 0 Å². The molecule has 0 unspecified atom stereocenters. The van der Waals surface area contributed by atoms with E-state index in [4.69, 9.17) is 0 Å². The zero-order chi connectivity index (χ0) is 11.6. The number of halogens is 2. The molecule has 0 aliphatic rings. The monoisotopic (exact) mass is 294 g/mol. The van der Waals surface area contributed by atoms with E-state index in [1.165, 1.54) is 12.1 Å². The quantitative estimate of drug-likeness (QED) is 0.799. The Balaban J connectivity index is 3.06. The lowest BCUT2D eigenvalue weighted by Gasteiger charge is -2.01. The molecule has 0 heterocycles. The molecule has 15 heavy (non-hydrogen) atoms. The summed E-state index contributed by atoms with van der Waals surface area (Å²) in [6, 6.07) is 3.81. The molecule has 0 saturated heterocycles. The Morgan fingerprint density at radius 2 is 2.07 bits per heavy atom. The van der Waals surface area contributed by atoms with Crippen LogP contribution in [0.1, 0.15) is 10.4 Å². The van der Waals surface area contributed by atoms with Crippen molar-refractivity contribution in [2.75, 3.05) is 12.0 Å². The summed E-state index contributed by atoms with van der Waals surface area (Å²) in [5.41, 5.74) is -0.213. The maximum absolute atomic E-state index is 13.2. The first-order valence-electron chi connectivity index (χ1n) is 3.95. The van der Waals surface area contributed by atoms with Crippen molar-refractivity contribution < 1.29 is 17.6 Å². The van der Waals surface area contributed by atoms with Gasteiger partial charge in [0, 0.05) is 10.7 Å². The third-order valence-electron chi connectivity index (χ3n) is 1.62. The molecule has 6 heteroatoms. The van der Waals surface area contributed by atoms with Gasteiger partial charge in [0.25, 0.3) is 0 Å². The summed E-state index contributed by atoms with van der Waals surface area (Å²) in [5.74, 6) is -2.14. The summed E-state index contributed by atoms with van der Waals surface area (Å²) in [4.78, 5) is 11.4. The maximum atomic E-state index is 13.2. The second-order valence-corrected chi connectivity index (χ2v) is 6.17. The molecular formula is C9H8BrFO3S. The number of hydrogen-bond acceptors (Lipinski definition) is 3. The molecule has 0 aliphatic heterocycles. The van der Waals surface area contributed by atoms with Crippen LogP contribution in [0, 0.1) is 5.82 Å². The van der Waals surface area contributed by atoms with Crippen LogP contribution < -0.4 is 0 Å². The summed E-state index contributed by atoms with van der Waals surface area (Å²) >= 11 is 3.08. The second-order valence-electron chi connectivity index (χ2n) is 3.12. The van der Waals surface area contributed by atoms with Crippen LogP contribution in [0.5, 0.6) is 0 Å². The Morgan fingerprint density at radius 3 is 2.60 bits per heavy atom. The Morgan fingerprint density at radius 1 is 1.47 bits per heavy atom. The van der Waals surface area contributed by atoms with Gasteiger partial charge in [-0.05, 0) is 18.2 Å². The first-order chi connectivity index (χ1) is 6.79. The highest BCUT2D eigenvalue weighted by atomic mass is 79.9. The maximum Gasteiger partial charge on any atom is 0.180 e. The van der Waals surface area contributed by atoms with E-state index < -0.39 is 27.2 Å². The number of carbonyl (C=O) groups is 1. The topological polar surface area (TPSA) is 51.2 Å². The standard InChI is InChI=1S/C9H8BrFO3S/c1-15(13,14)5-9(12)7-4-6(10)2-3-8(7)11/h2-4H,5H2,1H3. The smallest absolute Gasteiger partial charge is 0.180 e. The molecule has 0 radical (unpaired) electrons. The third-order valence-corrected chi connectivity index (χ3v) is 2.90. The van der Waals surface area contributed by atoms with E-state index in [1.807, 2.05) is 0 Å². The van der Waals surface area contributed by atoms with Gasteiger partial charge in [-0.1, -0.05) is 15.9 Å². The molecule has 0 saturated carbocycles. The Kier molecular flexibility index (Phi) is 3.62. The van der Waals surface area contributed by atoms with Gasteiger partial charge in [-0.15, -0.1) is 0 Å². The van der Waals surface area contributed by atoms with Crippen molar-refractivity contribution in [1.82, 2.24) is 0 Å². The van der Waals surface area contributed by atoms with Crippen molar-refractivity contribution in [2.24, 2.45) is 0 Å². The summed E-state index contributed by atoms with van der Waals surface area (Å²) < 4.78 is 35.4. The number of sulfone groups is 1. The lowest BCUT2D eigenvalue weighted by atomic mass is 10.1. The summed E-state index contributed by atoms with van der Waals surface area (Å²) in [5, 5.41) is 0. The minimum atomic E-state index is -3.43. The van der Waals surface area contributed by atoms with Gasteiger partial charge in [-0.25, -0.2) is 12.8 Å². The molecule has 0 fully saturated rings. The highest BCUT2D eigenvalue weighted by Gasteiger charge is 2.17. The Bertz CT molecular complexity index is 496. The van der Waals surface area contributed by atoms with E-state index in [9.17, 15) is 17.6 Å². The van der Waals surface area contributed by atoms with E-state index in [0.29, 0.717) is 4.47 Å². The van der Waals surface area contributed by atoms with E-state index in [-0.39, 0.29) is 5.56 Å². The van der Waals surface area contributed by atoms with Crippen molar-refractivity contribution >= 4 is 31.6 Å². The Labute approximate surface area is 95.3 Å². The van der Waals surface area contributed by atoms with Crippen LogP contribution in [0.3, 0.4) is 0 Å². The number of Topliss-reactive ketones (excluding diaryl/α,β-unsaturated/α-hetero) is 1. The summed E-state index contributed by atoms with van der Waals surface area (Å²) in [6.45, 7) is 0. The van der Waals surface area contributed by atoms with E-state index in [1.54, 1.807) is 0 Å². The highest BCUT2D eigenvalue weighted by molar-refractivity contribution is 9.10. The number of carbonyl (C=O) groups excluding carboxylic acids is 1. The fraction of sp³-hybridized carbons (Fsp3) is 0.222. The average Bonchev–Trinajstić information content (AvgIpc) is 2.06. The summed E-state index contributed by atoms with van der Waals surface area (Å²) in [6.07, 6.45) is 0.931. The van der Waals surface area contributed by atoms with Crippen molar-refractivity contribution in [3.63, 3.8) is 0 Å². The molecule has 0 aliphatic carbocycles. The van der Waals surface area contributed by atoms with Crippen molar-refractivity contribution in [3.05, 3.63) is 34.1 Å². The van der Waals surface area contributed by atoms with E-state index in [0.717, 1.165) is 12.3 Å². The number of rotatable bonds is 3.